The number of hydrogen-bond donors (Lipinski definition) is 0. The first-order chi connectivity index (χ1) is 14.2. The van der Waals surface area contributed by atoms with Gasteiger partial charge in [-0.15, -0.1) is 0 Å². The predicted molar refractivity (Wildman–Crippen MR) is 117 cm³/mol. The Labute approximate surface area is 181 Å². The third-order valence-electron chi connectivity index (χ3n) is 5.11. The highest BCUT2D eigenvalue weighted by Gasteiger charge is 2.22. The van der Waals surface area contributed by atoms with Crippen LogP contribution in [0.25, 0.3) is 17.1 Å². The number of aryl methyl sites for hydroxylation is 4. The lowest BCUT2D eigenvalue weighted by molar-refractivity contribution is 0.649. The number of fused-ring (bicyclic) bond motifs is 1. The van der Waals surface area contributed by atoms with Crippen molar-refractivity contribution in [3.05, 3.63) is 72.1 Å². The molecule has 0 amide bonds. The molecule has 4 rings (SSSR count). The van der Waals surface area contributed by atoms with E-state index in [1.54, 1.807) is 34.5 Å². The Morgan fingerprint density at radius 2 is 1.73 bits per heavy atom. The van der Waals surface area contributed by atoms with E-state index in [-0.39, 0.29) is 6.54 Å². The first-order valence-corrected chi connectivity index (χ1v) is 10.2. The van der Waals surface area contributed by atoms with Gasteiger partial charge in [-0.1, -0.05) is 29.3 Å². The summed E-state index contributed by atoms with van der Waals surface area (Å²) in [5.74, 6) is 0.485. The van der Waals surface area contributed by atoms with E-state index in [0.29, 0.717) is 39.3 Å². The van der Waals surface area contributed by atoms with E-state index in [9.17, 15) is 9.59 Å². The van der Waals surface area contributed by atoms with Crippen LogP contribution >= 0.6 is 23.2 Å². The van der Waals surface area contributed by atoms with E-state index in [0.717, 1.165) is 16.0 Å². The molecule has 3 heterocycles. The fraction of sp³-hybridized carbons (Fsp3) is 0.300. The molecule has 0 saturated carbocycles. The minimum atomic E-state index is -0.496. The van der Waals surface area contributed by atoms with Gasteiger partial charge in [-0.2, -0.15) is 10.1 Å². The SMILES string of the molecule is CCn1c(-n2nc(C)cc2C)nc2c1c(=O)n(Cc1c(Cl)cccc1Cl)c(=O)n2C. The van der Waals surface area contributed by atoms with E-state index in [2.05, 4.69) is 10.1 Å². The molecule has 0 atom stereocenters. The monoisotopic (exact) mass is 446 g/mol. The third-order valence-corrected chi connectivity index (χ3v) is 5.81. The third kappa shape index (κ3) is 3.07. The van der Waals surface area contributed by atoms with Crippen molar-refractivity contribution in [3.63, 3.8) is 0 Å². The van der Waals surface area contributed by atoms with Crippen LogP contribution in [0, 0.1) is 13.8 Å². The molecule has 8 nitrogen and oxygen atoms in total. The van der Waals surface area contributed by atoms with Gasteiger partial charge in [-0.25, -0.2) is 9.48 Å². The molecule has 0 fully saturated rings. The molecule has 3 aromatic heterocycles. The fourth-order valence-corrected chi connectivity index (χ4v) is 4.15. The van der Waals surface area contributed by atoms with Crippen LogP contribution in [0.3, 0.4) is 0 Å². The molecular formula is C20H20Cl2N6O2. The summed E-state index contributed by atoms with van der Waals surface area (Å²) >= 11 is 12.5. The van der Waals surface area contributed by atoms with Crippen LogP contribution in [0.1, 0.15) is 23.9 Å². The first-order valence-electron chi connectivity index (χ1n) is 9.41. The molecule has 0 spiro atoms. The van der Waals surface area contributed by atoms with Gasteiger partial charge in [-0.05, 0) is 39.0 Å². The molecule has 10 heteroatoms. The summed E-state index contributed by atoms with van der Waals surface area (Å²) in [5, 5.41) is 5.27. The summed E-state index contributed by atoms with van der Waals surface area (Å²) in [7, 11) is 1.59. The smallest absolute Gasteiger partial charge is 0.303 e. The zero-order chi connectivity index (χ0) is 21.7. The summed E-state index contributed by atoms with van der Waals surface area (Å²) in [5.41, 5.74) is 1.91. The normalized spacial score (nSPS) is 11.5. The number of benzene rings is 1. The predicted octanol–water partition coefficient (Wildman–Crippen LogP) is 3.07. The minimum absolute atomic E-state index is 0.0376. The Balaban J connectivity index is 2.03. The Hall–Kier alpha value is -2.84. The number of aromatic nitrogens is 6. The van der Waals surface area contributed by atoms with Crippen LogP contribution in [-0.2, 0) is 20.1 Å². The van der Waals surface area contributed by atoms with Crippen LogP contribution in [-0.4, -0.2) is 28.5 Å². The highest BCUT2D eigenvalue weighted by molar-refractivity contribution is 6.35. The number of nitrogens with zero attached hydrogens (tertiary/aromatic N) is 6. The summed E-state index contributed by atoms with van der Waals surface area (Å²) < 4.78 is 5.94. The zero-order valence-corrected chi connectivity index (χ0v) is 18.5. The van der Waals surface area contributed by atoms with Crippen molar-refractivity contribution in [2.24, 2.45) is 7.05 Å². The summed E-state index contributed by atoms with van der Waals surface area (Å²) in [6, 6.07) is 6.99. The number of rotatable bonds is 4. The number of hydrogen-bond acceptors (Lipinski definition) is 4. The maximum atomic E-state index is 13.4. The zero-order valence-electron chi connectivity index (χ0n) is 17.0. The molecule has 0 aliphatic rings. The van der Waals surface area contributed by atoms with E-state index in [1.165, 1.54) is 4.57 Å². The molecule has 156 valence electrons. The topological polar surface area (TPSA) is 79.6 Å². The lowest BCUT2D eigenvalue weighted by Gasteiger charge is -2.12. The second-order valence-corrected chi connectivity index (χ2v) is 7.91. The standard InChI is InChI=1S/C20H20Cl2N6O2/c1-5-26-16-17(23-19(26)28-12(3)9-11(2)24-28)25(4)20(30)27(18(16)29)10-13-14(21)7-6-8-15(13)22/h6-9H,5,10H2,1-4H3. The second-order valence-electron chi connectivity index (χ2n) is 7.10. The lowest BCUT2D eigenvalue weighted by atomic mass is 10.2. The number of halogens is 2. The van der Waals surface area contributed by atoms with Gasteiger partial charge in [0.15, 0.2) is 11.2 Å². The van der Waals surface area contributed by atoms with Crippen molar-refractivity contribution in [1.29, 1.82) is 0 Å². The van der Waals surface area contributed by atoms with Crippen LogP contribution in [0.5, 0.6) is 0 Å². The first kappa shape index (κ1) is 20.4. The Morgan fingerprint density at radius 1 is 1.07 bits per heavy atom. The van der Waals surface area contributed by atoms with Crippen LogP contribution in [0.15, 0.2) is 33.9 Å². The van der Waals surface area contributed by atoms with Crippen molar-refractivity contribution in [3.8, 4) is 5.95 Å². The quantitative estimate of drug-likeness (QED) is 0.482. The van der Waals surface area contributed by atoms with Crippen molar-refractivity contribution >= 4 is 34.4 Å². The van der Waals surface area contributed by atoms with E-state index < -0.39 is 11.2 Å². The molecule has 0 unspecified atom stereocenters. The van der Waals surface area contributed by atoms with Crippen molar-refractivity contribution in [2.45, 2.75) is 33.9 Å². The summed E-state index contributed by atoms with van der Waals surface area (Å²) in [6.07, 6.45) is 0. The average Bonchev–Trinajstić information content (AvgIpc) is 3.24. The molecule has 30 heavy (non-hydrogen) atoms. The summed E-state index contributed by atoms with van der Waals surface area (Å²) in [4.78, 5) is 31.0. The number of imidazole rings is 1. The Kier molecular flexibility index (Phi) is 5.07. The van der Waals surface area contributed by atoms with E-state index >= 15 is 0 Å². The van der Waals surface area contributed by atoms with Crippen molar-refractivity contribution in [1.82, 2.24) is 28.5 Å². The van der Waals surface area contributed by atoms with Gasteiger partial charge >= 0.3 is 5.69 Å². The molecule has 0 radical (unpaired) electrons. The molecule has 0 N–H and O–H groups in total. The highest BCUT2D eigenvalue weighted by Crippen LogP contribution is 2.25. The molecule has 0 aliphatic carbocycles. The minimum Gasteiger partial charge on any atom is -0.303 e. The average molecular weight is 447 g/mol. The molecular weight excluding hydrogens is 427 g/mol. The Morgan fingerprint density at radius 3 is 2.30 bits per heavy atom. The highest BCUT2D eigenvalue weighted by atomic mass is 35.5. The van der Waals surface area contributed by atoms with Gasteiger partial charge in [0.1, 0.15) is 0 Å². The summed E-state index contributed by atoms with van der Waals surface area (Å²) in [6.45, 7) is 6.15. The van der Waals surface area contributed by atoms with E-state index in [4.69, 9.17) is 23.2 Å². The lowest BCUT2D eigenvalue weighted by Crippen LogP contribution is -2.40. The van der Waals surface area contributed by atoms with Crippen molar-refractivity contribution in [2.75, 3.05) is 0 Å². The molecule has 4 aromatic rings. The van der Waals surface area contributed by atoms with Crippen molar-refractivity contribution < 1.29 is 0 Å². The van der Waals surface area contributed by atoms with Crippen LogP contribution in [0.2, 0.25) is 10.0 Å². The van der Waals surface area contributed by atoms with Crippen LogP contribution < -0.4 is 11.2 Å². The van der Waals surface area contributed by atoms with Gasteiger partial charge in [0.25, 0.3) is 5.56 Å². The van der Waals surface area contributed by atoms with Gasteiger partial charge in [0.05, 0.1) is 12.2 Å². The molecule has 0 bridgehead atoms. The van der Waals surface area contributed by atoms with Crippen LogP contribution in [0.4, 0.5) is 0 Å². The van der Waals surface area contributed by atoms with Gasteiger partial charge < -0.3 is 4.57 Å². The fourth-order valence-electron chi connectivity index (χ4n) is 3.63. The van der Waals surface area contributed by atoms with Gasteiger partial charge in [0, 0.05) is 34.9 Å². The maximum Gasteiger partial charge on any atom is 0.332 e. The van der Waals surface area contributed by atoms with Gasteiger partial charge in [0.2, 0.25) is 5.95 Å². The Bertz CT molecular complexity index is 1390. The molecule has 1 aromatic carbocycles. The van der Waals surface area contributed by atoms with E-state index in [1.807, 2.05) is 26.8 Å². The molecule has 0 saturated heterocycles. The second kappa shape index (κ2) is 7.45. The largest absolute Gasteiger partial charge is 0.332 e. The molecule has 0 aliphatic heterocycles. The van der Waals surface area contributed by atoms with Gasteiger partial charge in [-0.3, -0.25) is 13.9 Å². The maximum absolute atomic E-state index is 13.4.